The molecule has 0 radical (unpaired) electrons. The molecule has 2 saturated heterocycles. The number of fused-ring (bicyclic) bond motifs is 3. The number of hydrogen-bond acceptors (Lipinski definition) is 3. The van der Waals surface area contributed by atoms with Gasteiger partial charge >= 0.3 is 5.97 Å². The van der Waals surface area contributed by atoms with E-state index < -0.39 is 5.72 Å². The number of carbonyl (C=O) groups excluding carboxylic acids is 1. The number of nitrogens with zero attached hydrogens (tertiary/aromatic N) is 1. The van der Waals surface area contributed by atoms with E-state index in [0.29, 0.717) is 11.6 Å². The molecule has 0 aliphatic carbocycles. The highest BCUT2D eigenvalue weighted by atomic mass is 16.6. The zero-order chi connectivity index (χ0) is 19.1. The molecule has 3 aromatic rings. The van der Waals surface area contributed by atoms with Crippen LogP contribution in [0.2, 0.25) is 0 Å². The summed E-state index contributed by atoms with van der Waals surface area (Å²) in [6.07, 6.45) is 5.34. The number of benzene rings is 3. The third-order valence-corrected chi connectivity index (χ3v) is 6.65. The molecule has 2 heterocycles. The number of hydrogen-bond donors (Lipinski definition) is 0. The van der Waals surface area contributed by atoms with Gasteiger partial charge in [0.1, 0.15) is 0 Å². The van der Waals surface area contributed by atoms with Crippen molar-refractivity contribution in [3.8, 4) is 11.1 Å². The average Bonchev–Trinajstić information content (AvgIpc) is 2.91. The van der Waals surface area contributed by atoms with Crippen molar-refractivity contribution in [2.45, 2.75) is 43.9 Å². The van der Waals surface area contributed by atoms with Gasteiger partial charge in [0, 0.05) is 18.9 Å². The molecule has 3 heteroatoms. The van der Waals surface area contributed by atoms with Crippen molar-refractivity contribution in [3.05, 3.63) is 72.3 Å². The fraction of sp³-hybridized carbons (Fsp3) is 0.320. The molecule has 3 aromatic carbocycles. The van der Waals surface area contributed by atoms with E-state index in [2.05, 4.69) is 42.3 Å². The van der Waals surface area contributed by atoms with Crippen molar-refractivity contribution in [3.63, 3.8) is 0 Å². The Bertz CT molecular complexity index is 1040. The summed E-state index contributed by atoms with van der Waals surface area (Å²) in [7, 11) is 2.11. The summed E-state index contributed by atoms with van der Waals surface area (Å²) in [4.78, 5) is 15.5. The van der Waals surface area contributed by atoms with Crippen LogP contribution in [-0.2, 0) is 4.74 Å². The van der Waals surface area contributed by atoms with Crippen LogP contribution in [0.15, 0.2) is 66.7 Å². The maximum Gasteiger partial charge on any atom is 0.340 e. The second kappa shape index (κ2) is 6.75. The summed E-state index contributed by atoms with van der Waals surface area (Å²) >= 11 is 0. The molecule has 2 atom stereocenters. The van der Waals surface area contributed by atoms with Gasteiger partial charge in [-0.15, -0.1) is 0 Å². The Hall–Kier alpha value is -2.65. The molecule has 2 bridgehead atoms. The van der Waals surface area contributed by atoms with E-state index in [0.717, 1.165) is 36.8 Å². The number of ether oxygens (including phenoxy) is 1. The van der Waals surface area contributed by atoms with Crippen LogP contribution >= 0.6 is 0 Å². The van der Waals surface area contributed by atoms with Crippen molar-refractivity contribution in [1.82, 2.24) is 4.90 Å². The fourth-order valence-corrected chi connectivity index (χ4v) is 5.02. The molecule has 0 spiro atoms. The van der Waals surface area contributed by atoms with Gasteiger partial charge in [-0.25, -0.2) is 4.79 Å². The fourth-order valence-electron chi connectivity index (χ4n) is 5.02. The molecule has 142 valence electrons. The normalized spacial score (nSPS) is 24.4. The van der Waals surface area contributed by atoms with Crippen molar-refractivity contribution < 1.29 is 9.53 Å². The Morgan fingerprint density at radius 2 is 1.75 bits per heavy atom. The number of esters is 1. The van der Waals surface area contributed by atoms with Crippen LogP contribution in [0, 0.1) is 0 Å². The van der Waals surface area contributed by atoms with E-state index in [1.54, 1.807) is 0 Å². The third-order valence-electron chi connectivity index (χ3n) is 6.65. The first-order chi connectivity index (χ1) is 13.7. The Balaban J connectivity index is 1.50. The predicted octanol–water partition coefficient (Wildman–Crippen LogP) is 5.64. The monoisotopic (exact) mass is 371 g/mol. The third kappa shape index (κ3) is 2.82. The Labute approximate surface area is 165 Å². The summed E-state index contributed by atoms with van der Waals surface area (Å²) in [6.45, 7) is 0. The topological polar surface area (TPSA) is 29.5 Å². The van der Waals surface area contributed by atoms with Gasteiger partial charge < -0.3 is 4.74 Å². The quantitative estimate of drug-likeness (QED) is 0.558. The minimum absolute atomic E-state index is 0.210. The standard InChI is InChI=1S/C25H25NO2/c1-26-21-9-6-15-25(26,16-14-21)28-24(27)23-11-5-4-10-22(23)20-13-12-18-7-2-3-8-19(18)17-20/h2-5,7-8,10-13,17,21H,6,9,14-16H2,1H3/t21-,25-/m0/s1. The molecule has 2 aliphatic heterocycles. The molecule has 28 heavy (non-hydrogen) atoms. The molecule has 2 aliphatic rings. The van der Waals surface area contributed by atoms with E-state index in [9.17, 15) is 4.79 Å². The van der Waals surface area contributed by atoms with Gasteiger partial charge in [0.05, 0.1) is 5.56 Å². The highest BCUT2D eigenvalue weighted by Gasteiger charge is 2.49. The predicted molar refractivity (Wildman–Crippen MR) is 112 cm³/mol. The van der Waals surface area contributed by atoms with Crippen LogP contribution in [0.4, 0.5) is 0 Å². The van der Waals surface area contributed by atoms with Crippen LogP contribution in [0.5, 0.6) is 0 Å². The number of piperidine rings is 1. The first-order valence-corrected chi connectivity index (χ1v) is 10.2. The van der Waals surface area contributed by atoms with Crippen molar-refractivity contribution in [2.75, 3.05) is 7.05 Å². The molecular weight excluding hydrogens is 346 g/mol. The first kappa shape index (κ1) is 17.4. The summed E-state index contributed by atoms with van der Waals surface area (Å²) in [5.41, 5.74) is 2.21. The molecule has 3 nitrogen and oxygen atoms in total. The van der Waals surface area contributed by atoms with E-state index >= 15 is 0 Å². The van der Waals surface area contributed by atoms with Crippen LogP contribution in [0.3, 0.4) is 0 Å². The Kier molecular flexibility index (Phi) is 4.21. The summed E-state index contributed by atoms with van der Waals surface area (Å²) in [6, 6.07) is 23.0. The lowest BCUT2D eigenvalue weighted by molar-refractivity contribution is -0.116. The van der Waals surface area contributed by atoms with Crippen LogP contribution in [0.25, 0.3) is 21.9 Å². The van der Waals surface area contributed by atoms with Gasteiger partial charge in [-0.2, -0.15) is 0 Å². The molecule has 0 unspecified atom stereocenters. The maximum absolute atomic E-state index is 13.2. The van der Waals surface area contributed by atoms with E-state index in [4.69, 9.17) is 4.74 Å². The average molecular weight is 371 g/mol. The molecular formula is C25H25NO2. The first-order valence-electron chi connectivity index (χ1n) is 10.2. The van der Waals surface area contributed by atoms with Gasteiger partial charge in [-0.05, 0) is 60.3 Å². The lowest BCUT2D eigenvalue weighted by Gasteiger charge is -2.41. The minimum atomic E-state index is -0.420. The molecule has 5 rings (SSSR count). The van der Waals surface area contributed by atoms with E-state index in [1.165, 1.54) is 17.2 Å². The molecule has 0 saturated carbocycles. The van der Waals surface area contributed by atoms with Gasteiger partial charge in [-0.3, -0.25) is 4.90 Å². The molecule has 0 aromatic heterocycles. The van der Waals surface area contributed by atoms with Gasteiger partial charge in [0.15, 0.2) is 5.72 Å². The van der Waals surface area contributed by atoms with Crippen molar-refractivity contribution in [2.24, 2.45) is 0 Å². The summed E-state index contributed by atoms with van der Waals surface area (Å²) < 4.78 is 6.20. The highest BCUT2D eigenvalue weighted by molar-refractivity contribution is 5.99. The van der Waals surface area contributed by atoms with Crippen LogP contribution in [0.1, 0.15) is 42.5 Å². The zero-order valence-corrected chi connectivity index (χ0v) is 16.2. The van der Waals surface area contributed by atoms with Gasteiger partial charge in [-0.1, -0.05) is 54.6 Å². The molecule has 0 N–H and O–H groups in total. The number of carbonyl (C=O) groups is 1. The minimum Gasteiger partial charge on any atom is -0.440 e. The Morgan fingerprint density at radius 1 is 0.964 bits per heavy atom. The van der Waals surface area contributed by atoms with Gasteiger partial charge in [0.2, 0.25) is 0 Å². The largest absolute Gasteiger partial charge is 0.440 e. The van der Waals surface area contributed by atoms with Gasteiger partial charge in [0.25, 0.3) is 0 Å². The van der Waals surface area contributed by atoms with Crippen molar-refractivity contribution in [1.29, 1.82) is 0 Å². The second-order valence-electron chi connectivity index (χ2n) is 8.14. The lowest BCUT2D eigenvalue weighted by atomic mass is 9.96. The van der Waals surface area contributed by atoms with Crippen LogP contribution < -0.4 is 0 Å². The molecule has 0 amide bonds. The zero-order valence-electron chi connectivity index (χ0n) is 16.2. The Morgan fingerprint density at radius 3 is 2.64 bits per heavy atom. The lowest BCUT2D eigenvalue weighted by Crippen LogP contribution is -2.50. The number of rotatable bonds is 3. The smallest absolute Gasteiger partial charge is 0.340 e. The second-order valence-corrected chi connectivity index (χ2v) is 8.14. The van der Waals surface area contributed by atoms with Crippen molar-refractivity contribution >= 4 is 16.7 Å². The molecule has 2 fully saturated rings. The summed E-state index contributed by atoms with van der Waals surface area (Å²) in [5.74, 6) is -0.210. The summed E-state index contributed by atoms with van der Waals surface area (Å²) in [5, 5.41) is 2.37. The SMILES string of the molecule is CN1[C@H]2CCC[C@]1(OC(=O)c1ccccc1-c1ccc3ccccc3c1)CC2. The highest BCUT2D eigenvalue weighted by Crippen LogP contribution is 2.44. The van der Waals surface area contributed by atoms with E-state index in [1.807, 2.05) is 36.4 Å². The maximum atomic E-state index is 13.2. The van der Waals surface area contributed by atoms with Crippen LogP contribution in [-0.4, -0.2) is 29.7 Å². The van der Waals surface area contributed by atoms with E-state index in [-0.39, 0.29) is 5.97 Å².